The molecule has 0 bridgehead atoms. The molecule has 2 N–H and O–H groups in total. The Morgan fingerprint density at radius 3 is 2.93 bits per heavy atom. The van der Waals surface area contributed by atoms with Crippen molar-refractivity contribution in [3.05, 3.63) is 54.1 Å². The van der Waals surface area contributed by atoms with E-state index in [9.17, 15) is 0 Å². The van der Waals surface area contributed by atoms with Gasteiger partial charge in [0.05, 0.1) is 13.2 Å². The smallest absolute Gasteiger partial charge is 0.190 e. The van der Waals surface area contributed by atoms with Crippen molar-refractivity contribution in [3.63, 3.8) is 0 Å². The van der Waals surface area contributed by atoms with E-state index in [-0.39, 0.29) is 0 Å². The van der Waals surface area contributed by atoms with Crippen LogP contribution in [-0.2, 0) is 22.4 Å². The summed E-state index contributed by atoms with van der Waals surface area (Å²) in [5.74, 6) is 2.46. The Labute approximate surface area is 173 Å². The van der Waals surface area contributed by atoms with Gasteiger partial charge in [0.25, 0.3) is 0 Å². The summed E-state index contributed by atoms with van der Waals surface area (Å²) in [5.41, 5.74) is 1.28. The Morgan fingerprint density at radius 2 is 2.14 bits per heavy atom. The van der Waals surface area contributed by atoms with Crippen LogP contribution in [0.2, 0.25) is 0 Å². The Kier molecular flexibility index (Phi) is 9.00. The van der Waals surface area contributed by atoms with Gasteiger partial charge in [0.15, 0.2) is 5.96 Å². The monoisotopic (exact) mass is 399 g/mol. The lowest BCUT2D eigenvalue weighted by atomic mass is 10.1. The lowest BCUT2D eigenvalue weighted by molar-refractivity contribution is 0.0888. The van der Waals surface area contributed by atoms with E-state index < -0.39 is 0 Å². The minimum Gasteiger partial charge on any atom is -0.381 e. The topological polar surface area (TPSA) is 72.7 Å². The molecular formula is C22H33N5O2. The largest absolute Gasteiger partial charge is 0.381 e. The van der Waals surface area contributed by atoms with E-state index in [1.54, 1.807) is 7.05 Å². The van der Waals surface area contributed by atoms with Gasteiger partial charge in [-0.25, -0.2) is 4.98 Å². The first-order valence-corrected chi connectivity index (χ1v) is 10.5. The zero-order chi connectivity index (χ0) is 20.2. The Bertz CT molecular complexity index is 726. The minimum atomic E-state index is 0.576. The predicted molar refractivity (Wildman–Crippen MR) is 115 cm³/mol. The molecule has 1 unspecified atom stereocenters. The zero-order valence-electron chi connectivity index (χ0n) is 17.3. The van der Waals surface area contributed by atoms with E-state index in [0.29, 0.717) is 5.92 Å². The number of benzene rings is 1. The second-order valence-corrected chi connectivity index (χ2v) is 7.29. The molecule has 1 atom stereocenters. The molecule has 2 aromatic rings. The number of rotatable bonds is 11. The van der Waals surface area contributed by atoms with E-state index in [0.717, 1.165) is 77.1 Å². The summed E-state index contributed by atoms with van der Waals surface area (Å²) in [6.45, 7) is 5.76. The minimum absolute atomic E-state index is 0.576. The fourth-order valence-corrected chi connectivity index (χ4v) is 3.35. The maximum absolute atomic E-state index is 5.73. The molecule has 1 aromatic heterocycles. The number of guanidine groups is 1. The van der Waals surface area contributed by atoms with Crippen LogP contribution in [0.25, 0.3) is 0 Å². The number of ether oxygens (including phenoxy) is 2. The van der Waals surface area contributed by atoms with Crippen LogP contribution in [0.5, 0.6) is 0 Å². The number of imidazole rings is 1. The standard InChI is InChI=1S/C22H33N5O2/c1-23-22(25-10-5-14-28-17-20-9-15-29-18-20)26-11-8-21-24-12-13-27(21)16-19-6-3-2-4-7-19/h2-4,6-7,12-13,20H,5,8-11,14-18H2,1H3,(H2,23,25,26). The van der Waals surface area contributed by atoms with Gasteiger partial charge >= 0.3 is 0 Å². The van der Waals surface area contributed by atoms with E-state index in [2.05, 4.69) is 49.4 Å². The number of nitrogens with zero attached hydrogens (tertiary/aromatic N) is 3. The molecule has 158 valence electrons. The van der Waals surface area contributed by atoms with Crippen LogP contribution in [0.15, 0.2) is 47.7 Å². The molecule has 0 saturated carbocycles. The molecule has 1 saturated heterocycles. The molecule has 1 aromatic carbocycles. The Hall–Kier alpha value is -2.38. The van der Waals surface area contributed by atoms with Gasteiger partial charge in [-0.1, -0.05) is 30.3 Å². The maximum atomic E-state index is 5.73. The van der Waals surface area contributed by atoms with Crippen LogP contribution in [0, 0.1) is 5.92 Å². The fourth-order valence-electron chi connectivity index (χ4n) is 3.35. The summed E-state index contributed by atoms with van der Waals surface area (Å²) in [6.07, 6.45) is 6.82. The van der Waals surface area contributed by atoms with Gasteiger partial charge in [-0.3, -0.25) is 4.99 Å². The average Bonchev–Trinajstić information content (AvgIpc) is 3.42. The van der Waals surface area contributed by atoms with E-state index in [1.807, 2.05) is 18.5 Å². The van der Waals surface area contributed by atoms with Crippen LogP contribution in [0.1, 0.15) is 24.2 Å². The van der Waals surface area contributed by atoms with E-state index in [4.69, 9.17) is 9.47 Å². The van der Waals surface area contributed by atoms with Crippen LogP contribution in [0.4, 0.5) is 0 Å². The number of hydrogen-bond acceptors (Lipinski definition) is 4. The quantitative estimate of drug-likeness (QED) is 0.344. The highest BCUT2D eigenvalue weighted by molar-refractivity contribution is 5.79. The molecule has 29 heavy (non-hydrogen) atoms. The van der Waals surface area contributed by atoms with Gasteiger partial charge < -0.3 is 24.7 Å². The second-order valence-electron chi connectivity index (χ2n) is 7.29. The van der Waals surface area contributed by atoms with Gasteiger partial charge in [-0.2, -0.15) is 0 Å². The van der Waals surface area contributed by atoms with Crippen LogP contribution in [-0.4, -0.2) is 62.1 Å². The lowest BCUT2D eigenvalue weighted by Crippen LogP contribution is -2.39. The van der Waals surface area contributed by atoms with Gasteiger partial charge in [-0.15, -0.1) is 0 Å². The Balaban J connectivity index is 1.29. The molecule has 1 aliphatic heterocycles. The van der Waals surface area contributed by atoms with Crippen LogP contribution in [0.3, 0.4) is 0 Å². The SMILES string of the molecule is CN=C(NCCCOCC1CCOC1)NCCc1nccn1Cc1ccccc1. The van der Waals surface area contributed by atoms with Crippen molar-refractivity contribution in [3.8, 4) is 0 Å². The molecule has 1 aliphatic rings. The molecule has 0 aliphatic carbocycles. The maximum Gasteiger partial charge on any atom is 0.190 e. The zero-order valence-corrected chi connectivity index (χ0v) is 17.3. The van der Waals surface area contributed by atoms with E-state index >= 15 is 0 Å². The first-order chi connectivity index (χ1) is 14.3. The molecule has 7 nitrogen and oxygen atoms in total. The number of hydrogen-bond donors (Lipinski definition) is 2. The first kappa shape index (κ1) is 21.3. The van der Waals surface area contributed by atoms with Crippen molar-refractivity contribution in [1.82, 2.24) is 20.2 Å². The number of aromatic nitrogens is 2. The summed E-state index contributed by atoms with van der Waals surface area (Å²) in [6, 6.07) is 10.4. The summed E-state index contributed by atoms with van der Waals surface area (Å²) < 4.78 is 13.3. The lowest BCUT2D eigenvalue weighted by Gasteiger charge is -2.13. The van der Waals surface area contributed by atoms with Gasteiger partial charge in [-0.05, 0) is 18.4 Å². The molecule has 3 rings (SSSR count). The van der Waals surface area contributed by atoms with Crippen molar-refractivity contribution in [2.75, 3.05) is 46.6 Å². The normalized spacial score (nSPS) is 16.9. The fraction of sp³-hybridized carbons (Fsp3) is 0.545. The molecule has 2 heterocycles. The second kappa shape index (κ2) is 12.2. The van der Waals surface area contributed by atoms with Gasteiger partial charge in [0.1, 0.15) is 5.82 Å². The Morgan fingerprint density at radius 1 is 1.28 bits per heavy atom. The van der Waals surface area contributed by atoms with Gasteiger partial charge in [0, 0.05) is 64.6 Å². The van der Waals surface area contributed by atoms with Crippen molar-refractivity contribution in [2.24, 2.45) is 10.9 Å². The highest BCUT2D eigenvalue weighted by atomic mass is 16.5. The summed E-state index contributed by atoms with van der Waals surface area (Å²) in [7, 11) is 1.79. The molecule has 7 heteroatoms. The van der Waals surface area contributed by atoms with Crippen molar-refractivity contribution < 1.29 is 9.47 Å². The van der Waals surface area contributed by atoms with Crippen molar-refractivity contribution in [2.45, 2.75) is 25.8 Å². The van der Waals surface area contributed by atoms with Crippen LogP contribution >= 0.6 is 0 Å². The summed E-state index contributed by atoms with van der Waals surface area (Å²) >= 11 is 0. The van der Waals surface area contributed by atoms with Crippen molar-refractivity contribution in [1.29, 1.82) is 0 Å². The highest BCUT2D eigenvalue weighted by Crippen LogP contribution is 2.12. The average molecular weight is 400 g/mol. The third-order valence-electron chi connectivity index (χ3n) is 5.00. The van der Waals surface area contributed by atoms with Crippen LogP contribution < -0.4 is 10.6 Å². The van der Waals surface area contributed by atoms with Crippen molar-refractivity contribution >= 4 is 5.96 Å². The molecule has 1 fully saturated rings. The molecule has 0 spiro atoms. The number of aliphatic imine (C=N–C) groups is 1. The third kappa shape index (κ3) is 7.51. The molecule has 0 radical (unpaired) electrons. The predicted octanol–water partition coefficient (Wildman–Crippen LogP) is 2.08. The highest BCUT2D eigenvalue weighted by Gasteiger charge is 2.15. The summed E-state index contributed by atoms with van der Waals surface area (Å²) in [5, 5.41) is 6.70. The molecular weight excluding hydrogens is 366 g/mol. The van der Waals surface area contributed by atoms with E-state index in [1.165, 1.54) is 5.56 Å². The summed E-state index contributed by atoms with van der Waals surface area (Å²) in [4.78, 5) is 8.79. The molecule has 0 amide bonds. The van der Waals surface area contributed by atoms with Gasteiger partial charge in [0.2, 0.25) is 0 Å². The first-order valence-electron chi connectivity index (χ1n) is 10.5. The number of nitrogens with one attached hydrogen (secondary N) is 2. The third-order valence-corrected chi connectivity index (χ3v) is 5.00.